The number of aryl methyl sites for hydroxylation is 2. The molecule has 0 saturated heterocycles. The highest BCUT2D eigenvalue weighted by molar-refractivity contribution is 6.06. The number of ether oxygens (including phenoxy) is 1. The molecule has 0 aliphatic carbocycles. The molecular weight excluding hydrogens is 254 g/mol. The van der Waals surface area contributed by atoms with Gasteiger partial charge in [0.15, 0.2) is 11.5 Å². The van der Waals surface area contributed by atoms with E-state index in [1.807, 2.05) is 32.0 Å². The summed E-state index contributed by atoms with van der Waals surface area (Å²) in [5, 5.41) is 12.7. The summed E-state index contributed by atoms with van der Waals surface area (Å²) in [6, 6.07) is 10.6. The topological polar surface area (TPSA) is 58.6 Å². The molecule has 4 heteroatoms. The third-order valence-electron chi connectivity index (χ3n) is 2.94. The van der Waals surface area contributed by atoms with Crippen LogP contribution in [0.1, 0.15) is 21.5 Å². The summed E-state index contributed by atoms with van der Waals surface area (Å²) in [6.45, 7) is 3.93. The van der Waals surface area contributed by atoms with Crippen LogP contribution >= 0.6 is 0 Å². The first kappa shape index (κ1) is 13.9. The maximum Gasteiger partial charge on any atom is 0.259 e. The van der Waals surface area contributed by atoms with Gasteiger partial charge >= 0.3 is 0 Å². The SMILES string of the molecule is COc1cccc(C(=O)Nc2cc(C)cc(C)c2)c1O. The molecule has 0 aromatic heterocycles. The maximum absolute atomic E-state index is 12.2. The summed E-state index contributed by atoms with van der Waals surface area (Å²) in [4.78, 5) is 12.2. The van der Waals surface area contributed by atoms with Crippen LogP contribution in [-0.2, 0) is 0 Å². The molecule has 1 amide bonds. The summed E-state index contributed by atoms with van der Waals surface area (Å²) in [6.07, 6.45) is 0. The van der Waals surface area contributed by atoms with Crippen molar-refractivity contribution in [3.05, 3.63) is 53.1 Å². The smallest absolute Gasteiger partial charge is 0.259 e. The van der Waals surface area contributed by atoms with Gasteiger partial charge in [0, 0.05) is 5.69 Å². The van der Waals surface area contributed by atoms with E-state index >= 15 is 0 Å². The van der Waals surface area contributed by atoms with Crippen molar-refractivity contribution in [2.75, 3.05) is 12.4 Å². The highest BCUT2D eigenvalue weighted by Crippen LogP contribution is 2.30. The Labute approximate surface area is 118 Å². The second kappa shape index (κ2) is 5.65. The number of carbonyl (C=O) groups excluding carboxylic acids is 1. The van der Waals surface area contributed by atoms with Gasteiger partial charge in [0.05, 0.1) is 12.7 Å². The summed E-state index contributed by atoms with van der Waals surface area (Å²) >= 11 is 0. The number of hydrogen-bond acceptors (Lipinski definition) is 3. The van der Waals surface area contributed by atoms with Crippen LogP contribution in [0.25, 0.3) is 0 Å². The van der Waals surface area contributed by atoms with E-state index in [1.165, 1.54) is 7.11 Å². The van der Waals surface area contributed by atoms with E-state index in [9.17, 15) is 9.90 Å². The minimum Gasteiger partial charge on any atom is -0.504 e. The third kappa shape index (κ3) is 2.91. The lowest BCUT2D eigenvalue weighted by Crippen LogP contribution is -2.12. The van der Waals surface area contributed by atoms with Gasteiger partial charge in [-0.1, -0.05) is 12.1 Å². The predicted octanol–water partition coefficient (Wildman–Crippen LogP) is 3.27. The van der Waals surface area contributed by atoms with E-state index in [-0.39, 0.29) is 23.0 Å². The van der Waals surface area contributed by atoms with Crippen molar-refractivity contribution < 1.29 is 14.6 Å². The first-order valence-corrected chi connectivity index (χ1v) is 6.27. The maximum atomic E-state index is 12.2. The van der Waals surface area contributed by atoms with Gasteiger partial charge in [-0.25, -0.2) is 0 Å². The average Bonchev–Trinajstić information content (AvgIpc) is 2.37. The lowest BCUT2D eigenvalue weighted by Gasteiger charge is -2.10. The molecule has 0 heterocycles. The highest BCUT2D eigenvalue weighted by atomic mass is 16.5. The number of rotatable bonds is 3. The molecule has 0 aliphatic heterocycles. The number of amides is 1. The van der Waals surface area contributed by atoms with Crippen molar-refractivity contribution in [3.8, 4) is 11.5 Å². The fourth-order valence-corrected chi connectivity index (χ4v) is 2.12. The Balaban J connectivity index is 2.28. The van der Waals surface area contributed by atoms with Crippen molar-refractivity contribution >= 4 is 11.6 Å². The van der Waals surface area contributed by atoms with Gasteiger partial charge in [-0.2, -0.15) is 0 Å². The third-order valence-corrected chi connectivity index (χ3v) is 2.94. The van der Waals surface area contributed by atoms with Crippen LogP contribution in [0.4, 0.5) is 5.69 Å². The molecule has 0 radical (unpaired) electrons. The van der Waals surface area contributed by atoms with Gasteiger partial charge < -0.3 is 15.2 Å². The van der Waals surface area contributed by atoms with Gasteiger partial charge in [0.1, 0.15) is 0 Å². The van der Waals surface area contributed by atoms with Crippen LogP contribution < -0.4 is 10.1 Å². The predicted molar refractivity (Wildman–Crippen MR) is 78.5 cm³/mol. The lowest BCUT2D eigenvalue weighted by atomic mass is 10.1. The zero-order valence-corrected chi connectivity index (χ0v) is 11.7. The van der Waals surface area contributed by atoms with Gasteiger partial charge in [0.2, 0.25) is 0 Å². The molecule has 0 aliphatic rings. The van der Waals surface area contributed by atoms with E-state index in [0.717, 1.165) is 11.1 Å². The van der Waals surface area contributed by atoms with Crippen molar-refractivity contribution in [1.82, 2.24) is 0 Å². The molecule has 0 saturated carbocycles. The molecule has 104 valence electrons. The number of hydrogen-bond donors (Lipinski definition) is 2. The second-order valence-electron chi connectivity index (χ2n) is 4.69. The number of para-hydroxylation sites is 1. The zero-order chi connectivity index (χ0) is 14.7. The molecule has 0 atom stereocenters. The molecule has 2 aromatic rings. The van der Waals surface area contributed by atoms with E-state index < -0.39 is 0 Å². The summed E-state index contributed by atoms with van der Waals surface area (Å²) in [5.41, 5.74) is 3.02. The first-order valence-electron chi connectivity index (χ1n) is 6.27. The van der Waals surface area contributed by atoms with Gasteiger partial charge in [0.25, 0.3) is 5.91 Å². The molecule has 2 rings (SSSR count). The van der Waals surface area contributed by atoms with E-state index in [2.05, 4.69) is 5.32 Å². The van der Waals surface area contributed by atoms with E-state index in [1.54, 1.807) is 18.2 Å². The summed E-state index contributed by atoms with van der Waals surface area (Å²) in [7, 11) is 1.45. The average molecular weight is 271 g/mol. The number of methoxy groups -OCH3 is 1. The zero-order valence-electron chi connectivity index (χ0n) is 11.7. The number of nitrogens with one attached hydrogen (secondary N) is 1. The molecule has 4 nitrogen and oxygen atoms in total. The van der Waals surface area contributed by atoms with E-state index in [4.69, 9.17) is 4.74 Å². The Hall–Kier alpha value is -2.49. The molecule has 2 N–H and O–H groups in total. The van der Waals surface area contributed by atoms with Crippen LogP contribution in [0, 0.1) is 13.8 Å². The van der Waals surface area contributed by atoms with Gasteiger partial charge in [-0.05, 0) is 49.2 Å². The van der Waals surface area contributed by atoms with E-state index in [0.29, 0.717) is 5.69 Å². The van der Waals surface area contributed by atoms with Crippen LogP contribution in [0.3, 0.4) is 0 Å². The van der Waals surface area contributed by atoms with Crippen molar-refractivity contribution in [3.63, 3.8) is 0 Å². The lowest BCUT2D eigenvalue weighted by molar-refractivity contribution is 0.102. The minimum absolute atomic E-state index is 0.156. The number of phenols is 1. The van der Waals surface area contributed by atoms with Crippen LogP contribution in [-0.4, -0.2) is 18.1 Å². The van der Waals surface area contributed by atoms with Crippen molar-refractivity contribution in [2.45, 2.75) is 13.8 Å². The number of phenolic OH excluding ortho intramolecular Hbond substituents is 1. The Morgan fingerprint density at radius 3 is 2.40 bits per heavy atom. The highest BCUT2D eigenvalue weighted by Gasteiger charge is 2.14. The van der Waals surface area contributed by atoms with Crippen LogP contribution in [0.15, 0.2) is 36.4 Å². The number of carbonyl (C=O) groups is 1. The van der Waals surface area contributed by atoms with Crippen molar-refractivity contribution in [1.29, 1.82) is 0 Å². The summed E-state index contributed by atoms with van der Waals surface area (Å²) in [5.74, 6) is -0.249. The fourth-order valence-electron chi connectivity index (χ4n) is 2.12. The molecule has 0 spiro atoms. The molecular formula is C16H17NO3. The molecule has 2 aromatic carbocycles. The van der Waals surface area contributed by atoms with Gasteiger partial charge in [-0.3, -0.25) is 4.79 Å². The molecule has 20 heavy (non-hydrogen) atoms. The molecule has 0 fully saturated rings. The summed E-state index contributed by atoms with van der Waals surface area (Å²) < 4.78 is 4.99. The number of benzene rings is 2. The normalized spacial score (nSPS) is 10.2. The first-order chi connectivity index (χ1) is 9.51. The largest absolute Gasteiger partial charge is 0.504 e. The Bertz CT molecular complexity index is 630. The molecule has 0 unspecified atom stereocenters. The Morgan fingerprint density at radius 1 is 1.15 bits per heavy atom. The Morgan fingerprint density at radius 2 is 1.80 bits per heavy atom. The fraction of sp³-hybridized carbons (Fsp3) is 0.188. The van der Waals surface area contributed by atoms with Crippen molar-refractivity contribution in [2.24, 2.45) is 0 Å². The minimum atomic E-state index is -0.369. The standard InChI is InChI=1S/C16H17NO3/c1-10-7-11(2)9-12(8-10)17-16(19)13-5-4-6-14(20-3)15(13)18/h4-9,18H,1-3H3,(H,17,19). The molecule has 0 bridgehead atoms. The quantitative estimate of drug-likeness (QED) is 0.900. The number of aromatic hydroxyl groups is 1. The van der Waals surface area contributed by atoms with Gasteiger partial charge in [-0.15, -0.1) is 0 Å². The monoisotopic (exact) mass is 271 g/mol. The van der Waals surface area contributed by atoms with Crippen LogP contribution in [0.2, 0.25) is 0 Å². The van der Waals surface area contributed by atoms with Crippen LogP contribution in [0.5, 0.6) is 11.5 Å². The number of anilines is 1. The second-order valence-corrected chi connectivity index (χ2v) is 4.69. The Kier molecular flexibility index (Phi) is 3.94.